The van der Waals surface area contributed by atoms with Gasteiger partial charge in [0.15, 0.2) is 0 Å². The number of benzene rings is 1. The van der Waals surface area contributed by atoms with E-state index in [9.17, 15) is 0 Å². The van der Waals surface area contributed by atoms with Gasteiger partial charge in [0.05, 0.1) is 0 Å². The molecule has 2 heteroatoms. The number of rotatable bonds is 3. The second-order valence-electron chi connectivity index (χ2n) is 5.11. The molecule has 1 aromatic rings. The predicted octanol–water partition coefficient (Wildman–Crippen LogP) is 2.60. The summed E-state index contributed by atoms with van der Waals surface area (Å²) >= 11 is 0. The van der Waals surface area contributed by atoms with Crippen molar-refractivity contribution in [3.8, 4) is 0 Å². The van der Waals surface area contributed by atoms with E-state index in [4.69, 9.17) is 0 Å². The Morgan fingerprint density at radius 3 is 2.76 bits per heavy atom. The van der Waals surface area contributed by atoms with Crippen molar-refractivity contribution in [1.82, 2.24) is 10.2 Å². The van der Waals surface area contributed by atoms with E-state index in [0.717, 1.165) is 19.6 Å². The van der Waals surface area contributed by atoms with Gasteiger partial charge < -0.3 is 5.32 Å². The average Bonchev–Trinajstić information content (AvgIpc) is 2.32. The molecule has 17 heavy (non-hydrogen) atoms. The highest BCUT2D eigenvalue weighted by atomic mass is 15.2. The van der Waals surface area contributed by atoms with Crippen LogP contribution in [0.4, 0.5) is 0 Å². The Balaban J connectivity index is 2.05. The average molecular weight is 230 g/mol. The monoisotopic (exact) mass is 230 g/mol. The van der Waals surface area contributed by atoms with Crippen LogP contribution in [-0.2, 0) is 0 Å². The van der Waals surface area contributed by atoms with Crippen LogP contribution in [0.15, 0.2) is 42.5 Å². The van der Waals surface area contributed by atoms with E-state index in [1.54, 1.807) is 0 Å². The molecule has 2 rings (SSSR count). The number of hydrogen-bond acceptors (Lipinski definition) is 2. The molecule has 1 heterocycles. The first kappa shape index (κ1) is 12.3. The highest BCUT2D eigenvalue weighted by Gasteiger charge is 2.25. The summed E-state index contributed by atoms with van der Waals surface area (Å²) in [6.07, 6.45) is 0. The smallest absolute Gasteiger partial charge is 0.0450 e. The molecule has 0 aromatic heterocycles. The maximum Gasteiger partial charge on any atom is 0.0450 e. The molecule has 0 saturated carbocycles. The molecule has 2 nitrogen and oxygen atoms in total. The van der Waals surface area contributed by atoms with Gasteiger partial charge in [-0.2, -0.15) is 0 Å². The van der Waals surface area contributed by atoms with E-state index in [1.807, 2.05) is 0 Å². The molecule has 1 saturated heterocycles. The SMILES string of the molecule is C=C(C)CN1CC(c2ccccc2)NCC1C. The summed E-state index contributed by atoms with van der Waals surface area (Å²) < 4.78 is 0. The lowest BCUT2D eigenvalue weighted by Gasteiger charge is -2.39. The molecular formula is C15H22N2. The molecule has 0 radical (unpaired) electrons. The zero-order valence-corrected chi connectivity index (χ0v) is 10.8. The van der Waals surface area contributed by atoms with Crippen LogP contribution >= 0.6 is 0 Å². The largest absolute Gasteiger partial charge is 0.307 e. The lowest BCUT2D eigenvalue weighted by molar-refractivity contribution is 0.154. The van der Waals surface area contributed by atoms with Crippen molar-refractivity contribution in [2.75, 3.05) is 19.6 Å². The fourth-order valence-corrected chi connectivity index (χ4v) is 2.40. The van der Waals surface area contributed by atoms with Crippen LogP contribution in [0, 0.1) is 0 Å². The first-order valence-electron chi connectivity index (χ1n) is 6.33. The predicted molar refractivity (Wildman–Crippen MR) is 73.0 cm³/mol. The third-order valence-corrected chi connectivity index (χ3v) is 3.38. The Kier molecular flexibility index (Phi) is 3.97. The minimum atomic E-state index is 0.451. The van der Waals surface area contributed by atoms with E-state index < -0.39 is 0 Å². The van der Waals surface area contributed by atoms with E-state index in [1.165, 1.54) is 11.1 Å². The topological polar surface area (TPSA) is 15.3 Å². The summed E-state index contributed by atoms with van der Waals surface area (Å²) in [5, 5.41) is 3.62. The number of nitrogens with zero attached hydrogens (tertiary/aromatic N) is 1. The highest BCUT2D eigenvalue weighted by molar-refractivity contribution is 5.20. The maximum atomic E-state index is 4.02. The molecule has 1 N–H and O–H groups in total. The fourth-order valence-electron chi connectivity index (χ4n) is 2.40. The van der Waals surface area contributed by atoms with Gasteiger partial charge in [-0.25, -0.2) is 0 Å². The number of hydrogen-bond donors (Lipinski definition) is 1. The second kappa shape index (κ2) is 5.48. The van der Waals surface area contributed by atoms with Gasteiger partial charge in [-0.1, -0.05) is 42.5 Å². The summed E-state index contributed by atoms with van der Waals surface area (Å²) in [4.78, 5) is 2.51. The van der Waals surface area contributed by atoms with Gasteiger partial charge in [-0.05, 0) is 19.4 Å². The Bertz CT molecular complexity index is 372. The van der Waals surface area contributed by atoms with Crippen LogP contribution in [0.5, 0.6) is 0 Å². The normalized spacial score (nSPS) is 25.8. The number of piperazine rings is 1. The summed E-state index contributed by atoms with van der Waals surface area (Å²) in [7, 11) is 0. The number of nitrogens with one attached hydrogen (secondary N) is 1. The van der Waals surface area contributed by atoms with Crippen LogP contribution in [0.25, 0.3) is 0 Å². The minimum Gasteiger partial charge on any atom is -0.307 e. The lowest BCUT2D eigenvalue weighted by atomic mass is 10.0. The Morgan fingerprint density at radius 1 is 1.41 bits per heavy atom. The van der Waals surface area contributed by atoms with E-state index in [2.05, 4.69) is 61.0 Å². The van der Waals surface area contributed by atoms with Crippen molar-refractivity contribution in [2.45, 2.75) is 25.9 Å². The lowest BCUT2D eigenvalue weighted by Crippen LogP contribution is -2.51. The first-order chi connectivity index (χ1) is 8.16. The second-order valence-corrected chi connectivity index (χ2v) is 5.11. The molecule has 1 fully saturated rings. The molecule has 92 valence electrons. The van der Waals surface area contributed by atoms with Crippen molar-refractivity contribution < 1.29 is 0 Å². The van der Waals surface area contributed by atoms with Gasteiger partial charge in [0.25, 0.3) is 0 Å². The van der Waals surface area contributed by atoms with Gasteiger partial charge in [0, 0.05) is 31.7 Å². The Hall–Kier alpha value is -1.12. The van der Waals surface area contributed by atoms with Gasteiger partial charge in [0.2, 0.25) is 0 Å². The molecule has 1 aliphatic rings. The molecule has 0 amide bonds. The minimum absolute atomic E-state index is 0.451. The van der Waals surface area contributed by atoms with Gasteiger partial charge in [-0.15, -0.1) is 0 Å². The maximum absolute atomic E-state index is 4.02. The quantitative estimate of drug-likeness (QED) is 0.803. The molecule has 0 bridgehead atoms. The molecule has 2 unspecified atom stereocenters. The van der Waals surface area contributed by atoms with Crippen LogP contribution in [-0.4, -0.2) is 30.6 Å². The standard InChI is InChI=1S/C15H22N2/c1-12(2)10-17-11-15(16-9-13(17)3)14-7-5-4-6-8-14/h4-8,13,15-16H,1,9-11H2,2-3H3. The third-order valence-electron chi connectivity index (χ3n) is 3.38. The summed E-state index contributed by atoms with van der Waals surface area (Å²) in [6.45, 7) is 11.5. The van der Waals surface area contributed by atoms with Crippen molar-refractivity contribution in [3.05, 3.63) is 48.0 Å². The van der Waals surface area contributed by atoms with Crippen molar-refractivity contribution in [2.24, 2.45) is 0 Å². The first-order valence-corrected chi connectivity index (χ1v) is 6.33. The molecule has 2 atom stereocenters. The summed E-state index contributed by atoms with van der Waals surface area (Å²) in [5.41, 5.74) is 2.62. The van der Waals surface area contributed by atoms with Crippen LogP contribution in [0.3, 0.4) is 0 Å². The summed E-state index contributed by atoms with van der Waals surface area (Å²) in [5.74, 6) is 0. The molecular weight excluding hydrogens is 208 g/mol. The van der Waals surface area contributed by atoms with Gasteiger partial charge in [-0.3, -0.25) is 4.90 Å². The third kappa shape index (κ3) is 3.18. The molecule has 1 aromatic carbocycles. The summed E-state index contributed by atoms with van der Waals surface area (Å²) in [6, 6.07) is 11.7. The Labute approximate surface area is 104 Å². The van der Waals surface area contributed by atoms with Crippen LogP contribution < -0.4 is 5.32 Å². The van der Waals surface area contributed by atoms with Crippen molar-refractivity contribution in [1.29, 1.82) is 0 Å². The zero-order valence-electron chi connectivity index (χ0n) is 10.8. The molecule has 0 aliphatic carbocycles. The molecule has 1 aliphatic heterocycles. The highest BCUT2D eigenvalue weighted by Crippen LogP contribution is 2.20. The van der Waals surface area contributed by atoms with E-state index in [-0.39, 0.29) is 0 Å². The van der Waals surface area contributed by atoms with E-state index >= 15 is 0 Å². The van der Waals surface area contributed by atoms with Gasteiger partial charge in [0.1, 0.15) is 0 Å². The Morgan fingerprint density at radius 2 is 2.12 bits per heavy atom. The van der Waals surface area contributed by atoms with Crippen LogP contribution in [0.2, 0.25) is 0 Å². The van der Waals surface area contributed by atoms with Crippen molar-refractivity contribution in [3.63, 3.8) is 0 Å². The van der Waals surface area contributed by atoms with Gasteiger partial charge >= 0.3 is 0 Å². The van der Waals surface area contributed by atoms with E-state index in [0.29, 0.717) is 12.1 Å². The van der Waals surface area contributed by atoms with Crippen LogP contribution in [0.1, 0.15) is 25.5 Å². The zero-order chi connectivity index (χ0) is 12.3. The fraction of sp³-hybridized carbons (Fsp3) is 0.467. The van der Waals surface area contributed by atoms with Crippen molar-refractivity contribution >= 4 is 0 Å². The molecule has 0 spiro atoms.